The molecule has 7 heteroatoms. The van der Waals surface area contributed by atoms with E-state index in [1.165, 1.54) is 19.0 Å². The smallest absolute Gasteiger partial charge is 0.375 e. The molecule has 0 bridgehead atoms. The van der Waals surface area contributed by atoms with Crippen molar-refractivity contribution in [2.24, 2.45) is 0 Å². The van der Waals surface area contributed by atoms with Gasteiger partial charge in [0, 0.05) is 25.9 Å². The molecule has 2 N–H and O–H groups in total. The van der Waals surface area contributed by atoms with Gasteiger partial charge < -0.3 is 19.2 Å². The number of nitrogens with zero attached hydrogens (tertiary/aromatic N) is 1. The van der Waals surface area contributed by atoms with E-state index in [-0.39, 0.29) is 5.76 Å². The predicted molar refractivity (Wildman–Crippen MR) is 47.6 cm³/mol. The van der Waals surface area contributed by atoms with E-state index in [9.17, 15) is 4.79 Å². The van der Waals surface area contributed by atoms with Crippen molar-refractivity contribution >= 4 is 24.4 Å². The summed E-state index contributed by atoms with van der Waals surface area (Å²) in [6.45, 7) is -0.640. The number of carbonyl (C=O) groups excluding carboxylic acids is 1. The molecule has 0 aromatic rings. The van der Waals surface area contributed by atoms with Gasteiger partial charge in [-0.05, 0) is 0 Å². The van der Waals surface area contributed by atoms with Crippen LogP contribution in [0.5, 0.6) is 0 Å². The molecule has 0 aliphatic heterocycles. The molecule has 0 spiro atoms. The third-order valence-electron chi connectivity index (χ3n) is 0.874. The van der Waals surface area contributed by atoms with Crippen molar-refractivity contribution in [2.75, 3.05) is 14.1 Å². The maximum absolute atomic E-state index is 11.0. The minimum absolute atomic E-state index is 0.367. The summed E-state index contributed by atoms with van der Waals surface area (Å²) in [6, 6.07) is 0. The lowest BCUT2D eigenvalue weighted by Crippen LogP contribution is -2.23. The maximum atomic E-state index is 11.0. The minimum atomic E-state index is -3.83. The first-order chi connectivity index (χ1) is 5.24. The summed E-state index contributed by atoms with van der Waals surface area (Å²) < 4.78 is 4.31. The van der Waals surface area contributed by atoms with Gasteiger partial charge in [0.15, 0.2) is 5.76 Å². The van der Waals surface area contributed by atoms with E-state index >= 15 is 0 Å². The second-order valence-electron chi connectivity index (χ2n) is 2.20. The van der Waals surface area contributed by atoms with Crippen LogP contribution >= 0.6 is 6.72 Å². The van der Waals surface area contributed by atoms with Gasteiger partial charge in [0.2, 0.25) is 0 Å². The first kappa shape index (κ1) is 11.6. The Balaban J connectivity index is 4.25. The molecule has 0 radical (unpaired) electrons. The third-order valence-corrected chi connectivity index (χ3v) is 1.56. The molecule has 5 nitrogen and oxygen atoms in total. The highest BCUT2D eigenvalue weighted by atomic mass is 32.5. The average Bonchev–Trinajstić information content (AvgIpc) is 1.82. The quantitative estimate of drug-likeness (QED) is 0.385. The fourth-order valence-electron chi connectivity index (χ4n) is 0.432. The van der Waals surface area contributed by atoms with Gasteiger partial charge in [-0.1, -0.05) is 6.58 Å². The number of amides is 1. The molecule has 0 rings (SSSR count). The van der Waals surface area contributed by atoms with E-state index in [0.717, 1.165) is 0 Å². The number of likely N-dealkylation sites (N-methyl/N-ethyl adjacent to an activating group) is 1. The standard InChI is InChI=1S/C5H10NO4PS/c1-4(5(7)6(2)3)10-11(8,9)12/h1H2,2-3H3,(H2,8,9,12). The van der Waals surface area contributed by atoms with E-state index in [0.29, 0.717) is 0 Å². The van der Waals surface area contributed by atoms with Crippen molar-refractivity contribution in [2.45, 2.75) is 0 Å². The molecule has 0 atom stereocenters. The van der Waals surface area contributed by atoms with Gasteiger partial charge in [-0.25, -0.2) is 0 Å². The average molecular weight is 211 g/mol. The van der Waals surface area contributed by atoms with Crippen molar-refractivity contribution in [3.05, 3.63) is 12.3 Å². The van der Waals surface area contributed by atoms with Crippen LogP contribution in [0, 0.1) is 0 Å². The van der Waals surface area contributed by atoms with E-state index in [4.69, 9.17) is 9.79 Å². The Labute approximate surface area is 75.5 Å². The van der Waals surface area contributed by atoms with Crippen LogP contribution in [0.25, 0.3) is 0 Å². The summed E-state index contributed by atoms with van der Waals surface area (Å²) in [4.78, 5) is 29.5. The molecule has 0 aliphatic carbocycles. The number of hydrogen-bond donors (Lipinski definition) is 2. The van der Waals surface area contributed by atoms with E-state index in [2.05, 4.69) is 22.9 Å². The molecule has 0 aromatic carbocycles. The van der Waals surface area contributed by atoms with Gasteiger partial charge >= 0.3 is 6.72 Å². The molecule has 0 aromatic heterocycles. The highest BCUT2D eigenvalue weighted by Gasteiger charge is 2.17. The molecule has 12 heavy (non-hydrogen) atoms. The first-order valence-electron chi connectivity index (χ1n) is 2.89. The molecular weight excluding hydrogens is 201 g/mol. The van der Waals surface area contributed by atoms with Crippen molar-refractivity contribution in [1.29, 1.82) is 0 Å². The molecule has 0 aliphatic rings. The van der Waals surface area contributed by atoms with Crippen LogP contribution in [0.1, 0.15) is 0 Å². The van der Waals surface area contributed by atoms with E-state index in [1.54, 1.807) is 0 Å². The van der Waals surface area contributed by atoms with Crippen molar-refractivity contribution < 1.29 is 19.1 Å². The fraction of sp³-hybridized carbons (Fsp3) is 0.400. The molecule has 0 saturated carbocycles. The number of rotatable bonds is 3. The molecule has 0 unspecified atom stereocenters. The molecule has 0 heterocycles. The lowest BCUT2D eigenvalue weighted by atomic mass is 10.5. The Kier molecular flexibility index (Phi) is 3.86. The van der Waals surface area contributed by atoms with Gasteiger partial charge in [-0.3, -0.25) is 4.79 Å². The topological polar surface area (TPSA) is 70.0 Å². The SMILES string of the molecule is C=C(OP(O)(O)=S)C(=O)N(C)C. The normalized spacial score (nSPS) is 10.7. The fourth-order valence-corrected chi connectivity index (χ4v) is 1.07. The Hall–Kier alpha value is -0.420. The van der Waals surface area contributed by atoms with Crippen LogP contribution in [0.3, 0.4) is 0 Å². The van der Waals surface area contributed by atoms with Gasteiger partial charge in [0.1, 0.15) is 0 Å². The summed E-state index contributed by atoms with van der Waals surface area (Å²) in [7, 11) is 2.96. The van der Waals surface area contributed by atoms with Crippen LogP contribution in [-0.2, 0) is 21.1 Å². The predicted octanol–water partition coefficient (Wildman–Crippen LogP) is -0.186. The zero-order chi connectivity index (χ0) is 9.94. The molecule has 0 fully saturated rings. The summed E-state index contributed by atoms with van der Waals surface area (Å²) >= 11 is 4.14. The monoisotopic (exact) mass is 211 g/mol. The molecule has 70 valence electrons. The third kappa shape index (κ3) is 4.46. The van der Waals surface area contributed by atoms with Crippen LogP contribution in [0.15, 0.2) is 12.3 Å². The second-order valence-corrected chi connectivity index (χ2v) is 4.80. The first-order valence-corrected chi connectivity index (χ1v) is 5.52. The zero-order valence-electron chi connectivity index (χ0n) is 6.72. The lowest BCUT2D eigenvalue weighted by molar-refractivity contribution is -0.127. The summed E-state index contributed by atoms with van der Waals surface area (Å²) in [6.07, 6.45) is 0. The van der Waals surface area contributed by atoms with Gasteiger partial charge in [0.25, 0.3) is 5.91 Å². The van der Waals surface area contributed by atoms with Crippen molar-refractivity contribution in [1.82, 2.24) is 4.90 Å². The van der Waals surface area contributed by atoms with Crippen LogP contribution in [0.4, 0.5) is 0 Å². The Morgan fingerprint density at radius 2 is 2.00 bits per heavy atom. The Morgan fingerprint density at radius 1 is 1.58 bits per heavy atom. The van der Waals surface area contributed by atoms with Gasteiger partial charge in [0.05, 0.1) is 0 Å². The van der Waals surface area contributed by atoms with Crippen LogP contribution < -0.4 is 0 Å². The molecular formula is C5H10NO4PS. The Bertz CT molecular complexity index is 246. The second kappa shape index (κ2) is 4.00. The van der Waals surface area contributed by atoms with Crippen molar-refractivity contribution in [3.8, 4) is 0 Å². The van der Waals surface area contributed by atoms with Crippen LogP contribution in [0.2, 0.25) is 0 Å². The lowest BCUT2D eigenvalue weighted by Gasteiger charge is -2.15. The summed E-state index contributed by atoms with van der Waals surface area (Å²) in [5, 5.41) is 0. The van der Waals surface area contributed by atoms with Gasteiger partial charge in [-0.15, -0.1) is 0 Å². The molecule has 0 saturated heterocycles. The largest absolute Gasteiger partial charge is 0.419 e. The van der Waals surface area contributed by atoms with E-state index in [1.807, 2.05) is 0 Å². The highest BCUT2D eigenvalue weighted by molar-refractivity contribution is 8.06. The number of carbonyl (C=O) groups is 1. The zero-order valence-corrected chi connectivity index (χ0v) is 8.43. The summed E-state index contributed by atoms with van der Waals surface area (Å²) in [5.41, 5.74) is 0. The highest BCUT2D eigenvalue weighted by Crippen LogP contribution is 2.39. The molecule has 1 amide bonds. The maximum Gasteiger partial charge on any atom is 0.375 e. The minimum Gasteiger partial charge on any atom is -0.419 e. The van der Waals surface area contributed by atoms with Gasteiger partial charge in [-0.2, -0.15) is 0 Å². The van der Waals surface area contributed by atoms with Crippen molar-refractivity contribution in [3.63, 3.8) is 0 Å². The van der Waals surface area contributed by atoms with E-state index < -0.39 is 12.6 Å². The summed E-state index contributed by atoms with van der Waals surface area (Å²) in [5.74, 6) is -0.916. The number of hydrogen-bond acceptors (Lipinski definition) is 3. The van der Waals surface area contributed by atoms with Crippen LogP contribution in [-0.4, -0.2) is 34.7 Å². The Morgan fingerprint density at radius 3 is 2.25 bits per heavy atom.